The zero-order chi connectivity index (χ0) is 27.3. The van der Waals surface area contributed by atoms with Gasteiger partial charge < -0.3 is 0 Å². The van der Waals surface area contributed by atoms with E-state index in [9.17, 15) is 26.4 Å². The van der Waals surface area contributed by atoms with Crippen LogP contribution in [0.5, 0.6) is 0 Å². The van der Waals surface area contributed by atoms with E-state index in [1.54, 1.807) is 79.7 Å². The SMILES string of the molecule is Cc1ccc(S(=O)(=O)N(C(=O)c2cccc(C(F)(F)F)c2)C(C#Cc2ccccc2)c2ccccc2)cc1. The molecule has 0 spiro atoms. The van der Waals surface area contributed by atoms with Gasteiger partial charge in [0.25, 0.3) is 15.9 Å². The number of rotatable bonds is 5. The lowest BCUT2D eigenvalue weighted by molar-refractivity contribution is -0.137. The van der Waals surface area contributed by atoms with Crippen LogP contribution >= 0.6 is 0 Å². The molecule has 0 saturated carbocycles. The van der Waals surface area contributed by atoms with Gasteiger partial charge in [0.15, 0.2) is 0 Å². The Labute approximate surface area is 219 Å². The van der Waals surface area contributed by atoms with Crippen molar-refractivity contribution in [1.29, 1.82) is 0 Å². The summed E-state index contributed by atoms with van der Waals surface area (Å²) in [5.74, 6) is 4.67. The molecular weight excluding hydrogens is 511 g/mol. The molecule has 0 aliphatic rings. The second kappa shape index (κ2) is 11.0. The zero-order valence-corrected chi connectivity index (χ0v) is 21.0. The highest BCUT2D eigenvalue weighted by molar-refractivity contribution is 7.89. The first kappa shape index (κ1) is 26.7. The van der Waals surface area contributed by atoms with Gasteiger partial charge in [-0.1, -0.05) is 84.1 Å². The van der Waals surface area contributed by atoms with Crippen LogP contribution < -0.4 is 0 Å². The molecule has 8 heteroatoms. The maximum absolute atomic E-state index is 14.0. The summed E-state index contributed by atoms with van der Waals surface area (Å²) in [5.41, 5.74) is 0.253. The number of carbonyl (C=O) groups excluding carboxylic acids is 1. The molecule has 0 aliphatic heterocycles. The average Bonchev–Trinajstić information content (AvgIpc) is 2.91. The molecule has 0 radical (unpaired) electrons. The van der Waals surface area contributed by atoms with Gasteiger partial charge in [0, 0.05) is 11.1 Å². The molecule has 4 rings (SSSR count). The topological polar surface area (TPSA) is 54.5 Å². The van der Waals surface area contributed by atoms with Crippen molar-refractivity contribution in [3.63, 3.8) is 0 Å². The Morgan fingerprint density at radius 1 is 0.816 bits per heavy atom. The van der Waals surface area contributed by atoms with Crippen molar-refractivity contribution < 1.29 is 26.4 Å². The Hall–Kier alpha value is -4.35. The van der Waals surface area contributed by atoms with Gasteiger partial charge in [-0.2, -0.15) is 13.2 Å². The molecule has 0 fully saturated rings. The molecule has 192 valence electrons. The van der Waals surface area contributed by atoms with E-state index >= 15 is 0 Å². The Kier molecular flexibility index (Phi) is 7.70. The maximum atomic E-state index is 14.0. The second-order valence-electron chi connectivity index (χ2n) is 8.45. The van der Waals surface area contributed by atoms with Crippen molar-refractivity contribution in [2.75, 3.05) is 0 Å². The third-order valence-corrected chi connectivity index (χ3v) is 7.45. The van der Waals surface area contributed by atoms with Crippen LogP contribution in [0, 0.1) is 18.8 Å². The number of aryl methyl sites for hydroxylation is 1. The van der Waals surface area contributed by atoms with Crippen LogP contribution in [0.4, 0.5) is 13.2 Å². The molecule has 4 nitrogen and oxygen atoms in total. The number of benzene rings is 4. The fourth-order valence-corrected chi connectivity index (χ4v) is 5.21. The molecule has 1 amide bonds. The molecule has 38 heavy (non-hydrogen) atoms. The fraction of sp³-hybridized carbons (Fsp3) is 0.100. The number of alkyl halides is 3. The highest BCUT2D eigenvalue weighted by Gasteiger charge is 2.38. The Bertz CT molecular complexity index is 1590. The molecule has 0 aromatic heterocycles. The summed E-state index contributed by atoms with van der Waals surface area (Å²) in [6.07, 6.45) is -4.72. The molecule has 0 heterocycles. The van der Waals surface area contributed by atoms with Gasteiger partial charge in [0.05, 0.1) is 10.5 Å². The normalized spacial score (nSPS) is 12.2. The molecule has 4 aromatic carbocycles. The van der Waals surface area contributed by atoms with Crippen LogP contribution in [0.2, 0.25) is 0 Å². The van der Waals surface area contributed by atoms with Crippen molar-refractivity contribution in [2.24, 2.45) is 0 Å². The number of hydrogen-bond acceptors (Lipinski definition) is 3. The van der Waals surface area contributed by atoms with E-state index in [4.69, 9.17) is 0 Å². The Balaban J connectivity index is 1.94. The first-order chi connectivity index (χ1) is 18.1. The van der Waals surface area contributed by atoms with E-state index in [-0.39, 0.29) is 4.90 Å². The molecular formula is C30H22F3NO3S. The van der Waals surface area contributed by atoms with Gasteiger partial charge in [-0.3, -0.25) is 4.79 Å². The molecule has 0 bridgehead atoms. The van der Waals surface area contributed by atoms with Crippen LogP contribution in [0.1, 0.15) is 38.7 Å². The van der Waals surface area contributed by atoms with E-state index in [0.29, 0.717) is 21.5 Å². The third kappa shape index (κ3) is 5.96. The molecule has 0 N–H and O–H groups in total. The van der Waals surface area contributed by atoms with Crippen molar-refractivity contribution in [2.45, 2.75) is 24.0 Å². The number of nitrogens with zero attached hydrogens (tertiary/aromatic N) is 1. The molecule has 1 atom stereocenters. The maximum Gasteiger partial charge on any atom is 0.416 e. The highest BCUT2D eigenvalue weighted by Crippen LogP contribution is 2.33. The van der Waals surface area contributed by atoms with Gasteiger partial charge in [-0.25, -0.2) is 12.7 Å². The van der Waals surface area contributed by atoms with Crippen molar-refractivity contribution in [3.8, 4) is 11.8 Å². The monoisotopic (exact) mass is 533 g/mol. The lowest BCUT2D eigenvalue weighted by Crippen LogP contribution is -2.39. The van der Waals surface area contributed by atoms with Crippen LogP contribution in [-0.2, 0) is 16.2 Å². The van der Waals surface area contributed by atoms with Crippen molar-refractivity contribution in [3.05, 3.63) is 137 Å². The predicted molar refractivity (Wildman–Crippen MR) is 138 cm³/mol. The van der Waals surface area contributed by atoms with E-state index in [1.807, 2.05) is 0 Å². The van der Waals surface area contributed by atoms with Gasteiger partial charge in [-0.05, 0) is 55.0 Å². The Morgan fingerprint density at radius 3 is 2.03 bits per heavy atom. The van der Waals surface area contributed by atoms with Gasteiger partial charge in [-0.15, -0.1) is 0 Å². The number of halogens is 3. The second-order valence-corrected chi connectivity index (χ2v) is 10.3. The largest absolute Gasteiger partial charge is 0.416 e. The van der Waals surface area contributed by atoms with Crippen LogP contribution in [0.15, 0.2) is 114 Å². The highest BCUT2D eigenvalue weighted by atomic mass is 32.2. The summed E-state index contributed by atoms with van der Waals surface area (Å²) < 4.78 is 68.8. The summed E-state index contributed by atoms with van der Waals surface area (Å²) in [4.78, 5) is 13.7. The predicted octanol–water partition coefficient (Wildman–Crippen LogP) is 6.64. The molecule has 4 aromatic rings. The van der Waals surface area contributed by atoms with Gasteiger partial charge >= 0.3 is 6.18 Å². The van der Waals surface area contributed by atoms with E-state index in [1.165, 1.54) is 12.1 Å². The quantitative estimate of drug-likeness (QED) is 0.270. The third-order valence-electron chi connectivity index (χ3n) is 5.69. The van der Waals surface area contributed by atoms with E-state index in [0.717, 1.165) is 23.8 Å². The number of hydrogen-bond donors (Lipinski definition) is 0. The van der Waals surface area contributed by atoms with Crippen LogP contribution in [-0.4, -0.2) is 18.6 Å². The van der Waals surface area contributed by atoms with Gasteiger partial charge in [0.2, 0.25) is 0 Å². The lowest BCUT2D eigenvalue weighted by atomic mass is 10.0. The average molecular weight is 534 g/mol. The first-order valence-corrected chi connectivity index (χ1v) is 13.0. The molecule has 0 aliphatic carbocycles. The first-order valence-electron chi connectivity index (χ1n) is 11.5. The Morgan fingerprint density at radius 2 is 1.42 bits per heavy atom. The summed E-state index contributed by atoms with van der Waals surface area (Å²) >= 11 is 0. The summed E-state index contributed by atoms with van der Waals surface area (Å²) in [6, 6.07) is 25.3. The number of carbonyl (C=O) groups is 1. The summed E-state index contributed by atoms with van der Waals surface area (Å²) in [7, 11) is -4.57. The van der Waals surface area contributed by atoms with Crippen molar-refractivity contribution >= 4 is 15.9 Å². The summed E-state index contributed by atoms with van der Waals surface area (Å²) in [5, 5.41) is 0. The van der Waals surface area contributed by atoms with E-state index < -0.39 is 39.3 Å². The van der Waals surface area contributed by atoms with Crippen molar-refractivity contribution in [1.82, 2.24) is 4.31 Å². The standard InChI is InChI=1S/C30H22F3NO3S/c1-22-15-18-27(19-16-22)38(36,37)34(29(35)25-13-8-14-26(21-25)30(31,32)33)28(24-11-6-3-7-12-24)20-17-23-9-4-2-5-10-23/h2-16,18-19,21,28H,1H3. The minimum atomic E-state index is -4.72. The minimum absolute atomic E-state index is 0.189. The smallest absolute Gasteiger partial charge is 0.268 e. The molecule has 1 unspecified atom stereocenters. The summed E-state index contributed by atoms with van der Waals surface area (Å²) in [6.45, 7) is 1.78. The van der Waals surface area contributed by atoms with Crippen LogP contribution in [0.25, 0.3) is 0 Å². The number of sulfonamides is 1. The number of amides is 1. The molecule has 0 saturated heterocycles. The minimum Gasteiger partial charge on any atom is -0.268 e. The van der Waals surface area contributed by atoms with E-state index in [2.05, 4.69) is 11.8 Å². The zero-order valence-electron chi connectivity index (χ0n) is 20.2. The van der Waals surface area contributed by atoms with Crippen LogP contribution in [0.3, 0.4) is 0 Å². The fourth-order valence-electron chi connectivity index (χ4n) is 3.73. The van der Waals surface area contributed by atoms with Gasteiger partial charge in [0.1, 0.15) is 6.04 Å². The lowest BCUT2D eigenvalue weighted by Gasteiger charge is -2.28.